The van der Waals surface area contributed by atoms with E-state index < -0.39 is 0 Å². The Morgan fingerprint density at radius 3 is 2.70 bits per heavy atom. The zero-order chi connectivity index (χ0) is 19.6. The van der Waals surface area contributed by atoms with Crippen molar-refractivity contribution in [2.75, 3.05) is 24.3 Å². The van der Waals surface area contributed by atoms with E-state index in [0.29, 0.717) is 10.9 Å². The molecule has 7 heteroatoms. The van der Waals surface area contributed by atoms with Gasteiger partial charge in [0.15, 0.2) is 0 Å². The van der Waals surface area contributed by atoms with Gasteiger partial charge in [-0.25, -0.2) is 4.98 Å². The van der Waals surface area contributed by atoms with Gasteiger partial charge in [0, 0.05) is 42.9 Å². The molecule has 0 aliphatic rings. The minimum Gasteiger partial charge on any atom is -0.377 e. The molecule has 1 heterocycles. The fourth-order valence-corrected chi connectivity index (χ4v) is 3.33. The van der Waals surface area contributed by atoms with E-state index in [0.717, 1.165) is 21.4 Å². The van der Waals surface area contributed by atoms with Gasteiger partial charge in [0.1, 0.15) is 0 Å². The third-order valence-electron chi connectivity index (χ3n) is 4.33. The Morgan fingerprint density at radius 1 is 1.22 bits per heavy atom. The second-order valence-corrected chi connectivity index (χ2v) is 7.51. The van der Waals surface area contributed by atoms with E-state index in [-0.39, 0.29) is 24.4 Å². The van der Waals surface area contributed by atoms with Crippen LogP contribution in [0.2, 0.25) is 0 Å². The Hall–Kier alpha value is -2.67. The molecule has 0 saturated carbocycles. The minimum absolute atomic E-state index is 0.145. The van der Waals surface area contributed by atoms with Crippen LogP contribution < -0.4 is 15.8 Å². The third-order valence-corrected chi connectivity index (χ3v) is 4.82. The van der Waals surface area contributed by atoms with Crippen LogP contribution in [0.4, 0.5) is 11.4 Å². The zero-order valence-corrected chi connectivity index (χ0v) is 17.1. The maximum atomic E-state index is 12.6. The lowest BCUT2D eigenvalue weighted by Crippen LogP contribution is -2.23. The van der Waals surface area contributed by atoms with Gasteiger partial charge in [-0.2, -0.15) is 0 Å². The highest BCUT2D eigenvalue weighted by atomic mass is 79.9. The van der Waals surface area contributed by atoms with Crippen molar-refractivity contribution in [3.63, 3.8) is 0 Å². The van der Waals surface area contributed by atoms with Crippen LogP contribution in [-0.4, -0.2) is 29.6 Å². The molecular formula is C20H21BrN4O2. The van der Waals surface area contributed by atoms with Crippen LogP contribution in [0.1, 0.15) is 12.0 Å². The molecule has 1 amide bonds. The highest BCUT2D eigenvalue weighted by Crippen LogP contribution is 2.22. The van der Waals surface area contributed by atoms with Crippen LogP contribution >= 0.6 is 15.9 Å². The van der Waals surface area contributed by atoms with Gasteiger partial charge < -0.3 is 10.2 Å². The largest absolute Gasteiger partial charge is 0.377 e. The molecule has 0 aliphatic carbocycles. The average molecular weight is 429 g/mol. The van der Waals surface area contributed by atoms with Gasteiger partial charge in [0.05, 0.1) is 17.2 Å². The maximum absolute atomic E-state index is 12.6. The summed E-state index contributed by atoms with van der Waals surface area (Å²) in [7, 11) is 3.96. The number of rotatable bonds is 5. The number of nitrogens with zero attached hydrogens (tertiary/aromatic N) is 3. The van der Waals surface area contributed by atoms with Gasteiger partial charge in [0.2, 0.25) is 5.91 Å². The molecule has 0 unspecified atom stereocenters. The monoisotopic (exact) mass is 428 g/mol. The van der Waals surface area contributed by atoms with E-state index in [1.165, 1.54) is 10.9 Å². The molecule has 2 aromatic carbocycles. The molecule has 27 heavy (non-hydrogen) atoms. The van der Waals surface area contributed by atoms with Crippen LogP contribution in [-0.2, 0) is 11.3 Å². The highest BCUT2D eigenvalue weighted by molar-refractivity contribution is 9.10. The number of carbonyl (C=O) groups excluding carboxylic acids is 1. The van der Waals surface area contributed by atoms with Gasteiger partial charge in [-0.1, -0.05) is 15.9 Å². The van der Waals surface area contributed by atoms with Gasteiger partial charge >= 0.3 is 0 Å². The van der Waals surface area contributed by atoms with Crippen molar-refractivity contribution in [3.8, 4) is 0 Å². The Balaban J connectivity index is 1.69. The topological polar surface area (TPSA) is 67.2 Å². The van der Waals surface area contributed by atoms with Crippen molar-refractivity contribution in [1.82, 2.24) is 9.55 Å². The summed E-state index contributed by atoms with van der Waals surface area (Å²) >= 11 is 3.37. The predicted molar refractivity (Wildman–Crippen MR) is 112 cm³/mol. The molecule has 0 aliphatic heterocycles. The number of hydrogen-bond donors (Lipinski definition) is 1. The van der Waals surface area contributed by atoms with Crippen LogP contribution in [0.5, 0.6) is 0 Å². The molecule has 0 atom stereocenters. The number of benzene rings is 2. The van der Waals surface area contributed by atoms with Crippen LogP contribution in [0.3, 0.4) is 0 Å². The van der Waals surface area contributed by atoms with Crippen LogP contribution in [0.25, 0.3) is 10.9 Å². The second kappa shape index (κ2) is 7.92. The van der Waals surface area contributed by atoms with Crippen molar-refractivity contribution in [2.24, 2.45) is 0 Å². The molecular weight excluding hydrogens is 408 g/mol. The van der Waals surface area contributed by atoms with Crippen molar-refractivity contribution < 1.29 is 4.79 Å². The van der Waals surface area contributed by atoms with E-state index >= 15 is 0 Å². The number of halogens is 1. The Morgan fingerprint density at radius 2 is 2.00 bits per heavy atom. The maximum Gasteiger partial charge on any atom is 0.261 e. The fraction of sp³-hybridized carbons (Fsp3) is 0.250. The lowest BCUT2D eigenvalue weighted by Gasteiger charge is -2.16. The molecule has 3 aromatic rings. The lowest BCUT2D eigenvalue weighted by molar-refractivity contribution is -0.116. The van der Waals surface area contributed by atoms with Crippen molar-refractivity contribution in [2.45, 2.75) is 19.9 Å². The lowest BCUT2D eigenvalue weighted by atomic mass is 10.1. The standard InChI is InChI=1S/C20H21BrN4O2/c1-13-10-15(5-7-18(13)24(2)3)23-19(26)8-9-25-12-22-17-6-4-14(21)11-16(17)20(25)27/h4-7,10-12H,8-9H2,1-3H3,(H,23,26). The van der Waals surface area contributed by atoms with E-state index in [1.807, 2.05) is 50.2 Å². The number of aryl methyl sites for hydroxylation is 2. The normalized spacial score (nSPS) is 10.8. The first kappa shape index (κ1) is 19.1. The summed E-state index contributed by atoms with van der Waals surface area (Å²) in [4.78, 5) is 31.2. The zero-order valence-electron chi connectivity index (χ0n) is 15.5. The van der Waals surface area contributed by atoms with Gasteiger partial charge in [-0.3, -0.25) is 14.2 Å². The number of carbonyl (C=O) groups is 1. The van der Waals surface area contributed by atoms with Gasteiger partial charge in [0.25, 0.3) is 5.56 Å². The van der Waals surface area contributed by atoms with Crippen LogP contribution in [0.15, 0.2) is 52.0 Å². The third kappa shape index (κ3) is 4.36. The Bertz CT molecular complexity index is 1060. The first-order chi connectivity index (χ1) is 12.8. The smallest absolute Gasteiger partial charge is 0.261 e. The summed E-state index contributed by atoms with van der Waals surface area (Å²) in [6, 6.07) is 11.2. The van der Waals surface area contributed by atoms with Crippen LogP contribution in [0, 0.1) is 6.92 Å². The molecule has 140 valence electrons. The highest BCUT2D eigenvalue weighted by Gasteiger charge is 2.09. The molecule has 1 N–H and O–H groups in total. The number of fused-ring (bicyclic) bond motifs is 1. The number of amides is 1. The summed E-state index contributed by atoms with van der Waals surface area (Å²) in [5.74, 6) is -0.145. The number of aromatic nitrogens is 2. The van der Waals surface area contributed by atoms with E-state index in [9.17, 15) is 9.59 Å². The first-order valence-corrected chi connectivity index (χ1v) is 9.37. The molecule has 1 aromatic heterocycles. The molecule has 0 saturated heterocycles. The Labute approximate surface area is 166 Å². The second-order valence-electron chi connectivity index (χ2n) is 6.60. The molecule has 6 nitrogen and oxygen atoms in total. The molecule has 0 spiro atoms. The SMILES string of the molecule is Cc1cc(NC(=O)CCn2cnc3ccc(Br)cc3c2=O)ccc1N(C)C. The fourth-order valence-electron chi connectivity index (χ4n) is 2.97. The average Bonchev–Trinajstić information content (AvgIpc) is 2.61. The van der Waals surface area contributed by atoms with Gasteiger partial charge in [-0.15, -0.1) is 0 Å². The number of nitrogens with one attached hydrogen (secondary N) is 1. The number of hydrogen-bond acceptors (Lipinski definition) is 4. The summed E-state index contributed by atoms with van der Waals surface area (Å²) in [5.41, 5.74) is 3.42. The molecule has 0 fully saturated rings. The summed E-state index contributed by atoms with van der Waals surface area (Å²) in [5, 5.41) is 3.41. The molecule has 3 rings (SSSR count). The van der Waals surface area contributed by atoms with Crippen molar-refractivity contribution in [3.05, 3.63) is 63.1 Å². The van der Waals surface area contributed by atoms with E-state index in [1.54, 1.807) is 12.1 Å². The van der Waals surface area contributed by atoms with Gasteiger partial charge in [-0.05, 0) is 48.9 Å². The first-order valence-electron chi connectivity index (χ1n) is 8.57. The quantitative estimate of drug-likeness (QED) is 0.674. The summed E-state index contributed by atoms with van der Waals surface area (Å²) < 4.78 is 2.29. The summed E-state index contributed by atoms with van der Waals surface area (Å²) in [6.07, 6.45) is 1.68. The van der Waals surface area contributed by atoms with E-state index in [2.05, 4.69) is 26.2 Å². The minimum atomic E-state index is -0.153. The Kier molecular flexibility index (Phi) is 5.60. The van der Waals surface area contributed by atoms with Crippen molar-refractivity contribution >= 4 is 44.1 Å². The van der Waals surface area contributed by atoms with Crippen molar-refractivity contribution in [1.29, 1.82) is 0 Å². The molecule has 0 radical (unpaired) electrons. The van der Waals surface area contributed by atoms with E-state index in [4.69, 9.17) is 0 Å². The summed E-state index contributed by atoms with van der Waals surface area (Å²) in [6.45, 7) is 2.28. The predicted octanol–water partition coefficient (Wildman–Crippen LogP) is 3.56. The molecule has 0 bridgehead atoms. The number of anilines is 2.